The molecule has 23 heavy (non-hydrogen) atoms. The Labute approximate surface area is 145 Å². The fourth-order valence-corrected chi connectivity index (χ4v) is 4.78. The van der Waals surface area contributed by atoms with Crippen molar-refractivity contribution in [2.75, 3.05) is 6.54 Å². The largest absolute Gasteiger partial charge is 0.355 e. The van der Waals surface area contributed by atoms with Crippen LogP contribution >= 0.6 is 34.4 Å². The van der Waals surface area contributed by atoms with Crippen LogP contribution in [0.4, 0.5) is 0 Å². The molecule has 8 heteroatoms. The predicted octanol–water partition coefficient (Wildman–Crippen LogP) is 3.33. The SMILES string of the molecule is CCNC(=O)[C@@H](C)Sc1nc2scc(-c3cccs3)c2c(=O)[nH]1. The van der Waals surface area contributed by atoms with Crippen molar-refractivity contribution in [3.8, 4) is 10.4 Å². The third-order valence-electron chi connectivity index (χ3n) is 3.22. The third-order valence-corrected chi connectivity index (χ3v) is 5.98. The van der Waals surface area contributed by atoms with Crippen LogP contribution < -0.4 is 10.9 Å². The smallest absolute Gasteiger partial charge is 0.260 e. The van der Waals surface area contributed by atoms with Gasteiger partial charge in [0.15, 0.2) is 5.16 Å². The van der Waals surface area contributed by atoms with Gasteiger partial charge in [-0.2, -0.15) is 0 Å². The molecular weight excluding hydrogens is 350 g/mol. The number of aromatic amines is 1. The molecule has 0 radical (unpaired) electrons. The van der Waals surface area contributed by atoms with E-state index in [9.17, 15) is 9.59 Å². The van der Waals surface area contributed by atoms with Crippen LogP contribution in [0.1, 0.15) is 13.8 Å². The van der Waals surface area contributed by atoms with E-state index in [1.165, 1.54) is 23.1 Å². The van der Waals surface area contributed by atoms with E-state index in [4.69, 9.17) is 0 Å². The number of fused-ring (bicyclic) bond motifs is 1. The highest BCUT2D eigenvalue weighted by molar-refractivity contribution is 8.00. The van der Waals surface area contributed by atoms with Crippen LogP contribution in [0.15, 0.2) is 32.8 Å². The number of amides is 1. The van der Waals surface area contributed by atoms with Crippen molar-refractivity contribution in [3.63, 3.8) is 0 Å². The first-order valence-electron chi connectivity index (χ1n) is 7.10. The van der Waals surface area contributed by atoms with Crippen LogP contribution in [0.2, 0.25) is 0 Å². The lowest BCUT2D eigenvalue weighted by Gasteiger charge is -2.09. The minimum atomic E-state index is -0.313. The Bertz CT molecular complexity index is 883. The molecule has 0 unspecified atom stereocenters. The zero-order chi connectivity index (χ0) is 16.4. The zero-order valence-corrected chi connectivity index (χ0v) is 15.0. The highest BCUT2D eigenvalue weighted by Crippen LogP contribution is 2.34. The van der Waals surface area contributed by atoms with Gasteiger partial charge in [-0.15, -0.1) is 22.7 Å². The number of carbonyl (C=O) groups is 1. The van der Waals surface area contributed by atoms with Crippen LogP contribution in [0, 0.1) is 0 Å². The number of aromatic nitrogens is 2. The minimum absolute atomic E-state index is 0.0642. The molecule has 120 valence electrons. The Morgan fingerprint density at radius 3 is 3.00 bits per heavy atom. The van der Waals surface area contributed by atoms with Gasteiger partial charge in [0, 0.05) is 22.4 Å². The first-order chi connectivity index (χ1) is 11.1. The summed E-state index contributed by atoms with van der Waals surface area (Å²) in [7, 11) is 0. The summed E-state index contributed by atoms with van der Waals surface area (Å²) in [4.78, 5) is 33.3. The summed E-state index contributed by atoms with van der Waals surface area (Å²) in [5, 5.41) is 7.49. The standard InChI is InChI=1S/C15H15N3O2S3/c1-3-16-12(19)8(2)23-15-17-13(20)11-9(7-22-14(11)18-15)10-5-4-6-21-10/h4-8H,3H2,1-2H3,(H,16,19)(H,17,18,20)/t8-/m1/s1. The second-order valence-corrected chi connectivity index (χ2v) is 7.97. The molecule has 0 fully saturated rings. The number of nitrogens with one attached hydrogen (secondary N) is 2. The lowest BCUT2D eigenvalue weighted by molar-refractivity contribution is -0.120. The predicted molar refractivity (Wildman–Crippen MR) is 97.6 cm³/mol. The van der Waals surface area contributed by atoms with Gasteiger partial charge in [-0.25, -0.2) is 4.98 Å². The van der Waals surface area contributed by atoms with Gasteiger partial charge in [0.05, 0.1) is 10.6 Å². The molecule has 2 N–H and O–H groups in total. The topological polar surface area (TPSA) is 74.8 Å². The van der Waals surface area contributed by atoms with E-state index in [1.807, 2.05) is 29.8 Å². The maximum absolute atomic E-state index is 12.5. The summed E-state index contributed by atoms with van der Waals surface area (Å²) in [6.07, 6.45) is 0. The fraction of sp³-hybridized carbons (Fsp3) is 0.267. The van der Waals surface area contributed by atoms with E-state index >= 15 is 0 Å². The van der Waals surface area contributed by atoms with Gasteiger partial charge >= 0.3 is 0 Å². The molecule has 0 aliphatic carbocycles. The highest BCUT2D eigenvalue weighted by Gasteiger charge is 2.18. The number of rotatable bonds is 5. The zero-order valence-electron chi connectivity index (χ0n) is 12.6. The fourth-order valence-electron chi connectivity index (χ4n) is 2.14. The van der Waals surface area contributed by atoms with Crippen molar-refractivity contribution in [3.05, 3.63) is 33.2 Å². The first-order valence-corrected chi connectivity index (χ1v) is 9.73. The van der Waals surface area contributed by atoms with Crippen molar-refractivity contribution in [1.29, 1.82) is 0 Å². The van der Waals surface area contributed by atoms with Gasteiger partial charge in [-0.05, 0) is 25.3 Å². The molecule has 0 aliphatic rings. The quantitative estimate of drug-likeness (QED) is 0.537. The van der Waals surface area contributed by atoms with E-state index in [-0.39, 0.29) is 16.7 Å². The summed E-state index contributed by atoms with van der Waals surface area (Å²) in [5.41, 5.74) is 0.757. The van der Waals surface area contributed by atoms with Crippen LogP contribution in [-0.4, -0.2) is 27.7 Å². The molecule has 0 saturated carbocycles. The molecule has 0 aliphatic heterocycles. The molecule has 0 aromatic carbocycles. The average molecular weight is 366 g/mol. The van der Waals surface area contributed by atoms with Crippen LogP contribution in [0.25, 0.3) is 20.7 Å². The molecule has 3 heterocycles. The molecular formula is C15H15N3O2S3. The van der Waals surface area contributed by atoms with Gasteiger partial charge in [0.25, 0.3) is 5.56 Å². The second-order valence-electron chi connectivity index (χ2n) is 4.83. The summed E-state index contributed by atoms with van der Waals surface area (Å²) in [6.45, 7) is 4.26. The lowest BCUT2D eigenvalue weighted by atomic mass is 10.2. The van der Waals surface area contributed by atoms with Crippen molar-refractivity contribution < 1.29 is 4.79 Å². The van der Waals surface area contributed by atoms with Crippen LogP contribution in [0.5, 0.6) is 0 Å². The van der Waals surface area contributed by atoms with Crippen molar-refractivity contribution >= 4 is 50.6 Å². The number of thioether (sulfide) groups is 1. The van der Waals surface area contributed by atoms with Crippen molar-refractivity contribution in [2.24, 2.45) is 0 Å². The molecule has 3 rings (SSSR count). The summed E-state index contributed by atoms with van der Waals surface area (Å²) >= 11 is 4.30. The Balaban J connectivity index is 1.94. The lowest BCUT2D eigenvalue weighted by Crippen LogP contribution is -2.30. The average Bonchev–Trinajstić information content (AvgIpc) is 3.15. The maximum atomic E-state index is 12.5. The van der Waals surface area contributed by atoms with E-state index in [2.05, 4.69) is 15.3 Å². The number of nitrogens with zero attached hydrogens (tertiary/aromatic N) is 1. The Kier molecular flexibility index (Phi) is 4.84. The number of H-pyrrole nitrogens is 1. The van der Waals surface area contributed by atoms with Gasteiger partial charge in [0.1, 0.15) is 4.83 Å². The Morgan fingerprint density at radius 2 is 2.30 bits per heavy atom. The number of hydrogen-bond donors (Lipinski definition) is 2. The number of hydrogen-bond acceptors (Lipinski definition) is 6. The van der Waals surface area contributed by atoms with Crippen LogP contribution in [-0.2, 0) is 4.79 Å². The molecule has 0 spiro atoms. The summed E-state index contributed by atoms with van der Waals surface area (Å²) in [5.74, 6) is -0.0642. The molecule has 0 bridgehead atoms. The van der Waals surface area contributed by atoms with E-state index in [0.29, 0.717) is 21.9 Å². The molecule has 0 saturated heterocycles. The van der Waals surface area contributed by atoms with Gasteiger partial charge in [-0.3, -0.25) is 9.59 Å². The van der Waals surface area contributed by atoms with Gasteiger partial charge in [0.2, 0.25) is 5.91 Å². The van der Waals surface area contributed by atoms with Crippen molar-refractivity contribution in [2.45, 2.75) is 24.3 Å². The first kappa shape index (κ1) is 16.2. The normalized spacial score (nSPS) is 12.4. The van der Waals surface area contributed by atoms with Crippen molar-refractivity contribution in [1.82, 2.24) is 15.3 Å². The van der Waals surface area contributed by atoms with Gasteiger partial charge in [-0.1, -0.05) is 17.8 Å². The Morgan fingerprint density at radius 1 is 1.48 bits per heavy atom. The molecule has 3 aromatic heterocycles. The van der Waals surface area contributed by atoms with E-state index in [1.54, 1.807) is 18.3 Å². The summed E-state index contributed by atoms with van der Waals surface area (Å²) < 4.78 is 0. The molecule has 3 aromatic rings. The molecule has 1 atom stereocenters. The van der Waals surface area contributed by atoms with E-state index in [0.717, 1.165) is 10.4 Å². The van der Waals surface area contributed by atoms with Crippen LogP contribution in [0.3, 0.4) is 0 Å². The summed E-state index contributed by atoms with van der Waals surface area (Å²) in [6, 6.07) is 3.95. The minimum Gasteiger partial charge on any atom is -0.355 e. The molecule has 1 amide bonds. The molecule has 5 nitrogen and oxygen atoms in total. The highest BCUT2D eigenvalue weighted by atomic mass is 32.2. The second kappa shape index (κ2) is 6.86. The Hall–Kier alpha value is -1.64. The number of carbonyl (C=O) groups excluding carboxylic acids is 1. The maximum Gasteiger partial charge on any atom is 0.260 e. The monoisotopic (exact) mass is 365 g/mol. The number of thiophene rings is 2. The van der Waals surface area contributed by atoms with Gasteiger partial charge < -0.3 is 10.3 Å². The van der Waals surface area contributed by atoms with E-state index < -0.39 is 0 Å². The third kappa shape index (κ3) is 3.34.